The number of ether oxygens (including phenoxy) is 2. The van der Waals surface area contributed by atoms with Crippen molar-refractivity contribution in [1.29, 1.82) is 0 Å². The number of carbonyl (C=O) groups is 1. The maximum absolute atomic E-state index is 13.4. The Morgan fingerprint density at radius 3 is 1.94 bits per heavy atom. The lowest BCUT2D eigenvalue weighted by Crippen LogP contribution is -2.41. The predicted molar refractivity (Wildman–Crippen MR) is 124 cm³/mol. The molecule has 7 nitrogen and oxygen atoms in total. The van der Waals surface area contributed by atoms with Gasteiger partial charge >= 0.3 is 0 Å². The Morgan fingerprint density at radius 2 is 1.41 bits per heavy atom. The molecule has 0 radical (unpaired) electrons. The molecule has 0 aliphatic rings. The zero-order valence-corrected chi connectivity index (χ0v) is 19.0. The molecule has 3 rings (SSSR count). The number of nitrogens with zero attached hydrogens (tertiary/aromatic N) is 1. The van der Waals surface area contributed by atoms with Crippen LogP contribution in [0, 0.1) is 0 Å². The Bertz CT molecular complexity index is 1130. The van der Waals surface area contributed by atoms with Crippen LogP contribution in [-0.2, 0) is 14.8 Å². The molecule has 3 aromatic carbocycles. The smallest absolute Gasteiger partial charge is 0.264 e. The van der Waals surface area contributed by atoms with E-state index in [0.717, 1.165) is 9.87 Å². The number of anilines is 1. The quantitative estimate of drug-likeness (QED) is 0.532. The Morgan fingerprint density at radius 1 is 0.875 bits per heavy atom. The summed E-state index contributed by atoms with van der Waals surface area (Å²) in [6, 6.07) is 21.6. The van der Waals surface area contributed by atoms with E-state index in [1.165, 1.54) is 19.2 Å². The summed E-state index contributed by atoms with van der Waals surface area (Å²) in [6.07, 6.45) is 0. The fraction of sp³-hybridized carbons (Fsp3) is 0.208. The molecule has 0 saturated carbocycles. The van der Waals surface area contributed by atoms with Crippen molar-refractivity contribution in [3.8, 4) is 11.5 Å². The molecule has 0 heterocycles. The second-order valence-corrected chi connectivity index (χ2v) is 8.95. The largest absolute Gasteiger partial charge is 0.497 e. The molecule has 0 aromatic heterocycles. The Balaban J connectivity index is 1.83. The number of amides is 1. The van der Waals surface area contributed by atoms with Crippen molar-refractivity contribution in [1.82, 2.24) is 5.32 Å². The summed E-state index contributed by atoms with van der Waals surface area (Å²) in [7, 11) is -0.890. The van der Waals surface area contributed by atoms with Gasteiger partial charge in [-0.25, -0.2) is 8.42 Å². The third kappa shape index (κ3) is 5.39. The number of para-hydroxylation sites is 1. The molecular weight excluding hydrogens is 428 g/mol. The van der Waals surface area contributed by atoms with E-state index < -0.39 is 15.9 Å². The minimum Gasteiger partial charge on any atom is -0.497 e. The minimum absolute atomic E-state index is 0.0677. The van der Waals surface area contributed by atoms with Gasteiger partial charge in [-0.1, -0.05) is 30.3 Å². The molecule has 1 amide bonds. The SMILES string of the molecule is COc1ccc([C@@H](C)NC(=O)CN(c2ccccc2)S(=O)(=O)c2ccc(OC)cc2)cc1. The zero-order valence-electron chi connectivity index (χ0n) is 18.2. The van der Waals surface area contributed by atoms with Gasteiger partial charge in [-0.05, 0) is 61.0 Å². The lowest BCUT2D eigenvalue weighted by atomic mass is 10.1. The predicted octanol–water partition coefficient (Wildman–Crippen LogP) is 3.78. The standard InChI is InChI=1S/C24H26N2O5S/c1-18(19-9-11-21(30-2)12-10-19)25-24(27)17-26(20-7-5-4-6-8-20)32(28,29)23-15-13-22(31-3)14-16-23/h4-16,18H,17H2,1-3H3,(H,25,27)/t18-/m1/s1. The molecule has 1 atom stereocenters. The molecule has 0 aliphatic carbocycles. The number of rotatable bonds is 9. The Hall–Kier alpha value is -3.52. The monoisotopic (exact) mass is 454 g/mol. The normalized spacial score (nSPS) is 12.0. The van der Waals surface area contributed by atoms with E-state index in [9.17, 15) is 13.2 Å². The van der Waals surface area contributed by atoms with Gasteiger partial charge in [-0.15, -0.1) is 0 Å². The van der Waals surface area contributed by atoms with Gasteiger partial charge in [0.15, 0.2) is 0 Å². The molecule has 32 heavy (non-hydrogen) atoms. The van der Waals surface area contributed by atoms with E-state index in [1.54, 1.807) is 49.6 Å². The molecule has 0 unspecified atom stereocenters. The van der Waals surface area contributed by atoms with Crippen LogP contribution in [0.25, 0.3) is 0 Å². The first kappa shape index (κ1) is 23.1. The third-order valence-corrected chi connectivity index (χ3v) is 6.76. The highest BCUT2D eigenvalue weighted by molar-refractivity contribution is 7.92. The van der Waals surface area contributed by atoms with Gasteiger partial charge in [0, 0.05) is 0 Å². The first-order valence-electron chi connectivity index (χ1n) is 10.0. The number of methoxy groups -OCH3 is 2. The number of hydrogen-bond acceptors (Lipinski definition) is 5. The van der Waals surface area contributed by atoms with Crippen molar-refractivity contribution < 1.29 is 22.7 Å². The highest BCUT2D eigenvalue weighted by Gasteiger charge is 2.27. The molecule has 3 aromatic rings. The van der Waals surface area contributed by atoms with E-state index in [0.29, 0.717) is 17.2 Å². The van der Waals surface area contributed by atoms with Crippen molar-refractivity contribution in [2.45, 2.75) is 17.9 Å². The van der Waals surface area contributed by atoms with Crippen molar-refractivity contribution in [2.75, 3.05) is 25.1 Å². The number of sulfonamides is 1. The number of benzene rings is 3. The average Bonchev–Trinajstić information content (AvgIpc) is 2.83. The highest BCUT2D eigenvalue weighted by Crippen LogP contribution is 2.25. The highest BCUT2D eigenvalue weighted by atomic mass is 32.2. The number of nitrogens with one attached hydrogen (secondary N) is 1. The van der Waals surface area contributed by atoms with Crippen molar-refractivity contribution >= 4 is 21.6 Å². The van der Waals surface area contributed by atoms with Crippen LogP contribution in [0.1, 0.15) is 18.5 Å². The van der Waals surface area contributed by atoms with Crippen molar-refractivity contribution in [2.24, 2.45) is 0 Å². The second-order valence-electron chi connectivity index (χ2n) is 7.09. The summed E-state index contributed by atoms with van der Waals surface area (Å²) in [5.41, 5.74) is 1.28. The van der Waals surface area contributed by atoms with E-state index >= 15 is 0 Å². The van der Waals surface area contributed by atoms with Gasteiger partial charge in [-0.2, -0.15) is 0 Å². The molecule has 168 valence electrons. The van der Waals surface area contributed by atoms with E-state index in [1.807, 2.05) is 31.2 Å². The van der Waals surface area contributed by atoms with Crippen molar-refractivity contribution in [3.05, 3.63) is 84.4 Å². The molecular formula is C24H26N2O5S. The molecule has 0 fully saturated rings. The molecule has 8 heteroatoms. The topological polar surface area (TPSA) is 84.9 Å². The second kappa shape index (κ2) is 10.2. The van der Waals surface area contributed by atoms with E-state index in [2.05, 4.69) is 5.32 Å². The minimum atomic E-state index is -3.98. The fourth-order valence-corrected chi connectivity index (χ4v) is 4.60. The molecule has 0 aliphatic heterocycles. The van der Waals surface area contributed by atoms with Crippen LogP contribution < -0.4 is 19.1 Å². The van der Waals surface area contributed by atoms with Gasteiger partial charge < -0.3 is 14.8 Å². The summed E-state index contributed by atoms with van der Waals surface area (Å²) in [5, 5.41) is 2.87. The van der Waals surface area contributed by atoms with Crippen LogP contribution in [0.4, 0.5) is 5.69 Å². The third-order valence-electron chi connectivity index (χ3n) is 4.97. The fourth-order valence-electron chi connectivity index (χ4n) is 3.18. The summed E-state index contributed by atoms with van der Waals surface area (Å²) in [4.78, 5) is 12.9. The lowest BCUT2D eigenvalue weighted by molar-refractivity contribution is -0.120. The van der Waals surface area contributed by atoms with Crippen LogP contribution in [-0.4, -0.2) is 35.1 Å². The summed E-state index contributed by atoms with van der Waals surface area (Å²) in [5.74, 6) is 0.837. The van der Waals surface area contributed by atoms with Crippen LogP contribution in [0.3, 0.4) is 0 Å². The maximum Gasteiger partial charge on any atom is 0.264 e. The van der Waals surface area contributed by atoms with Crippen LogP contribution in [0.15, 0.2) is 83.8 Å². The summed E-state index contributed by atoms with van der Waals surface area (Å²) >= 11 is 0. The maximum atomic E-state index is 13.4. The van der Waals surface area contributed by atoms with E-state index in [-0.39, 0.29) is 17.5 Å². The van der Waals surface area contributed by atoms with Gasteiger partial charge in [0.1, 0.15) is 18.0 Å². The van der Waals surface area contributed by atoms with Crippen LogP contribution in [0.5, 0.6) is 11.5 Å². The zero-order chi connectivity index (χ0) is 23.1. The average molecular weight is 455 g/mol. The molecule has 1 N–H and O–H groups in total. The van der Waals surface area contributed by atoms with Gasteiger partial charge in [0.05, 0.1) is 30.8 Å². The number of hydrogen-bond donors (Lipinski definition) is 1. The lowest BCUT2D eigenvalue weighted by Gasteiger charge is -2.25. The summed E-state index contributed by atoms with van der Waals surface area (Å²) < 4.78 is 38.1. The molecule has 0 spiro atoms. The number of carbonyl (C=O) groups excluding carboxylic acids is 1. The first-order chi connectivity index (χ1) is 15.3. The Kier molecular flexibility index (Phi) is 7.37. The van der Waals surface area contributed by atoms with Gasteiger partial charge in [0.2, 0.25) is 5.91 Å². The van der Waals surface area contributed by atoms with E-state index in [4.69, 9.17) is 9.47 Å². The first-order valence-corrected chi connectivity index (χ1v) is 11.4. The molecule has 0 saturated heterocycles. The molecule has 0 bridgehead atoms. The van der Waals surface area contributed by atoms with Crippen LogP contribution >= 0.6 is 0 Å². The summed E-state index contributed by atoms with van der Waals surface area (Å²) in [6.45, 7) is 1.48. The van der Waals surface area contributed by atoms with Crippen LogP contribution in [0.2, 0.25) is 0 Å². The van der Waals surface area contributed by atoms with Crippen molar-refractivity contribution in [3.63, 3.8) is 0 Å². The van der Waals surface area contributed by atoms with Gasteiger partial charge in [-0.3, -0.25) is 9.10 Å². The van der Waals surface area contributed by atoms with Gasteiger partial charge in [0.25, 0.3) is 10.0 Å². The Labute approximate surface area is 188 Å².